The number of hydrogen-bond acceptors (Lipinski definition) is 3. The van der Waals surface area contributed by atoms with Crippen molar-refractivity contribution >= 4 is 22.9 Å². The molecule has 0 spiro atoms. The van der Waals surface area contributed by atoms with Gasteiger partial charge in [0.2, 0.25) is 0 Å². The van der Waals surface area contributed by atoms with E-state index in [9.17, 15) is 4.39 Å². The molecule has 5 heteroatoms. The average Bonchev–Trinajstić information content (AvgIpc) is 2.84. The predicted molar refractivity (Wildman–Crippen MR) is 81.1 cm³/mol. The largest absolute Gasteiger partial charge is 0.312 e. The van der Waals surface area contributed by atoms with E-state index >= 15 is 0 Å². The van der Waals surface area contributed by atoms with Crippen molar-refractivity contribution < 1.29 is 4.39 Å². The molecule has 0 bridgehead atoms. The fourth-order valence-corrected chi connectivity index (χ4v) is 4.08. The normalized spacial score (nSPS) is 18.1. The van der Waals surface area contributed by atoms with E-state index in [0.717, 1.165) is 23.4 Å². The van der Waals surface area contributed by atoms with Gasteiger partial charge in [0.1, 0.15) is 5.82 Å². The Bertz CT molecular complexity index is 626. The minimum absolute atomic E-state index is 0.299. The van der Waals surface area contributed by atoms with Crippen LogP contribution in [0.2, 0.25) is 5.02 Å². The summed E-state index contributed by atoms with van der Waals surface area (Å²) in [6.07, 6.45) is 4.14. The number of benzene rings is 1. The van der Waals surface area contributed by atoms with Gasteiger partial charge in [-0.1, -0.05) is 17.7 Å². The predicted octanol–water partition coefficient (Wildman–Crippen LogP) is 4.12. The summed E-state index contributed by atoms with van der Waals surface area (Å²) in [5.74, 6) is -0.299. The van der Waals surface area contributed by atoms with Gasteiger partial charge in [-0.3, -0.25) is 0 Å². The molecule has 1 heterocycles. The van der Waals surface area contributed by atoms with E-state index in [0.29, 0.717) is 17.5 Å². The highest BCUT2D eigenvalue weighted by Crippen LogP contribution is 2.34. The third-order valence-corrected chi connectivity index (χ3v) is 5.19. The lowest BCUT2D eigenvalue weighted by Crippen LogP contribution is -2.21. The fraction of sp³-hybridized carbons (Fsp3) is 0.400. The second-order valence-electron chi connectivity index (χ2n) is 5.06. The maximum absolute atomic E-state index is 13.1. The molecule has 2 aromatic rings. The molecule has 0 aliphatic heterocycles. The Hall–Kier alpha value is -0.970. The lowest BCUT2D eigenvalue weighted by molar-refractivity contribution is 0.489. The van der Waals surface area contributed by atoms with Crippen LogP contribution < -0.4 is 5.32 Å². The third-order valence-electron chi connectivity index (χ3n) is 3.70. The van der Waals surface area contributed by atoms with Crippen LogP contribution in [0.25, 0.3) is 0 Å². The minimum Gasteiger partial charge on any atom is -0.312 e. The second kappa shape index (κ2) is 5.80. The summed E-state index contributed by atoms with van der Waals surface area (Å²) >= 11 is 7.85. The molecule has 1 aliphatic rings. The van der Waals surface area contributed by atoms with Crippen molar-refractivity contribution in [1.29, 1.82) is 0 Å². The SMILES string of the molecule is CNC1CCCc2sc(Cc3ccc(F)cc3Cl)nc21. The molecule has 1 N–H and O–H groups in total. The van der Waals surface area contributed by atoms with E-state index in [1.165, 1.54) is 29.1 Å². The second-order valence-corrected chi connectivity index (χ2v) is 6.64. The van der Waals surface area contributed by atoms with Gasteiger partial charge in [0, 0.05) is 16.3 Å². The first-order valence-corrected chi connectivity index (χ1v) is 7.96. The van der Waals surface area contributed by atoms with Gasteiger partial charge < -0.3 is 5.32 Å². The van der Waals surface area contributed by atoms with Crippen molar-refractivity contribution in [2.24, 2.45) is 0 Å². The number of aryl methyl sites for hydroxylation is 1. The Morgan fingerprint density at radius 3 is 3.10 bits per heavy atom. The van der Waals surface area contributed by atoms with Gasteiger partial charge in [-0.25, -0.2) is 9.37 Å². The topological polar surface area (TPSA) is 24.9 Å². The molecule has 1 aliphatic carbocycles. The van der Waals surface area contributed by atoms with Gasteiger partial charge >= 0.3 is 0 Å². The molecule has 0 saturated heterocycles. The fourth-order valence-electron chi connectivity index (χ4n) is 2.65. The number of nitrogens with one attached hydrogen (secondary N) is 1. The number of thiazole rings is 1. The van der Waals surface area contributed by atoms with Crippen molar-refractivity contribution in [1.82, 2.24) is 10.3 Å². The van der Waals surface area contributed by atoms with Crippen LogP contribution in [0.4, 0.5) is 4.39 Å². The molecule has 0 radical (unpaired) electrons. The smallest absolute Gasteiger partial charge is 0.124 e. The molecule has 20 heavy (non-hydrogen) atoms. The molecule has 2 nitrogen and oxygen atoms in total. The van der Waals surface area contributed by atoms with Crippen LogP contribution in [0.1, 0.15) is 40.0 Å². The molecule has 0 fully saturated rings. The molecule has 106 valence electrons. The summed E-state index contributed by atoms with van der Waals surface area (Å²) in [5.41, 5.74) is 2.12. The maximum Gasteiger partial charge on any atom is 0.124 e. The van der Waals surface area contributed by atoms with Crippen molar-refractivity contribution in [2.45, 2.75) is 31.7 Å². The zero-order valence-corrected chi connectivity index (χ0v) is 12.8. The summed E-state index contributed by atoms with van der Waals surface area (Å²) in [4.78, 5) is 6.14. The Kier molecular flexibility index (Phi) is 4.06. The van der Waals surface area contributed by atoms with Gasteiger partial charge in [0.05, 0.1) is 16.7 Å². The molecule has 1 atom stereocenters. The van der Waals surface area contributed by atoms with Gasteiger partial charge in [0.25, 0.3) is 0 Å². The number of fused-ring (bicyclic) bond motifs is 1. The Balaban J connectivity index is 1.87. The lowest BCUT2D eigenvalue weighted by Gasteiger charge is -2.19. The van der Waals surface area contributed by atoms with Crippen LogP contribution in [0, 0.1) is 5.82 Å². The van der Waals surface area contributed by atoms with Crippen LogP contribution in [-0.4, -0.2) is 12.0 Å². The Morgan fingerprint density at radius 2 is 2.35 bits per heavy atom. The lowest BCUT2D eigenvalue weighted by atomic mass is 9.98. The van der Waals surface area contributed by atoms with Gasteiger partial charge in [-0.05, 0) is 44.0 Å². The van der Waals surface area contributed by atoms with Crippen molar-refractivity contribution in [3.63, 3.8) is 0 Å². The highest BCUT2D eigenvalue weighted by molar-refractivity contribution is 7.11. The zero-order chi connectivity index (χ0) is 14.1. The summed E-state index contributed by atoms with van der Waals surface area (Å²) in [7, 11) is 1.98. The molecular formula is C15H16ClFN2S. The number of rotatable bonds is 3. The number of aromatic nitrogens is 1. The quantitative estimate of drug-likeness (QED) is 0.922. The van der Waals surface area contributed by atoms with E-state index in [1.807, 2.05) is 7.05 Å². The standard InChI is InChI=1S/C15H16ClFN2S/c1-18-12-3-2-4-13-15(12)19-14(20-13)7-9-5-6-10(17)8-11(9)16/h5-6,8,12,18H,2-4,7H2,1H3. The molecule has 0 amide bonds. The molecule has 3 rings (SSSR count). The number of nitrogens with zero attached hydrogens (tertiary/aromatic N) is 1. The summed E-state index contributed by atoms with van der Waals surface area (Å²) in [5, 5.41) is 4.86. The van der Waals surface area contributed by atoms with Gasteiger partial charge in [0.15, 0.2) is 0 Å². The van der Waals surface area contributed by atoms with Crippen molar-refractivity contribution in [2.75, 3.05) is 7.05 Å². The van der Waals surface area contributed by atoms with Crippen molar-refractivity contribution in [3.8, 4) is 0 Å². The zero-order valence-electron chi connectivity index (χ0n) is 11.2. The monoisotopic (exact) mass is 310 g/mol. The average molecular weight is 311 g/mol. The summed E-state index contributed by atoms with van der Waals surface area (Å²) in [6, 6.07) is 4.92. The van der Waals surface area contributed by atoms with Crippen LogP contribution >= 0.6 is 22.9 Å². The van der Waals surface area contributed by atoms with E-state index in [1.54, 1.807) is 17.4 Å². The van der Waals surface area contributed by atoms with E-state index in [2.05, 4.69) is 5.32 Å². The highest BCUT2D eigenvalue weighted by atomic mass is 35.5. The first kappa shape index (κ1) is 14.0. The molecule has 1 aromatic heterocycles. The Morgan fingerprint density at radius 1 is 1.50 bits per heavy atom. The first-order chi connectivity index (χ1) is 9.67. The molecular weight excluding hydrogens is 295 g/mol. The first-order valence-electron chi connectivity index (χ1n) is 6.77. The van der Waals surface area contributed by atoms with E-state index in [4.69, 9.17) is 16.6 Å². The molecule has 1 unspecified atom stereocenters. The number of hydrogen-bond donors (Lipinski definition) is 1. The van der Waals surface area contributed by atoms with Crippen LogP contribution in [-0.2, 0) is 12.8 Å². The maximum atomic E-state index is 13.1. The third kappa shape index (κ3) is 2.73. The van der Waals surface area contributed by atoms with Crippen LogP contribution in [0.15, 0.2) is 18.2 Å². The van der Waals surface area contributed by atoms with Gasteiger partial charge in [-0.15, -0.1) is 11.3 Å². The highest BCUT2D eigenvalue weighted by Gasteiger charge is 2.23. The summed E-state index contributed by atoms with van der Waals surface area (Å²) in [6.45, 7) is 0. The van der Waals surface area contributed by atoms with Crippen molar-refractivity contribution in [3.05, 3.63) is 50.2 Å². The van der Waals surface area contributed by atoms with Crippen LogP contribution in [0.3, 0.4) is 0 Å². The molecule has 1 aromatic carbocycles. The van der Waals surface area contributed by atoms with E-state index < -0.39 is 0 Å². The Labute approximate surface area is 127 Å². The van der Waals surface area contributed by atoms with Crippen LogP contribution in [0.5, 0.6) is 0 Å². The van der Waals surface area contributed by atoms with E-state index in [-0.39, 0.29) is 5.82 Å². The number of halogens is 2. The minimum atomic E-state index is -0.299. The summed E-state index contributed by atoms with van der Waals surface area (Å²) < 4.78 is 13.1. The van der Waals surface area contributed by atoms with Gasteiger partial charge in [-0.2, -0.15) is 0 Å². The molecule has 0 saturated carbocycles.